The molecule has 1 saturated carbocycles. The Bertz CT molecular complexity index is 533. The van der Waals surface area contributed by atoms with Gasteiger partial charge in [0, 0.05) is 18.2 Å². The van der Waals surface area contributed by atoms with Crippen LogP contribution in [0.4, 0.5) is 0 Å². The number of carbonyl (C=O) groups excluding carboxylic acids is 1. The highest BCUT2D eigenvalue weighted by molar-refractivity contribution is 5.95. The van der Waals surface area contributed by atoms with Crippen molar-refractivity contribution in [2.45, 2.75) is 38.7 Å². The number of amides is 1. The fourth-order valence-electron chi connectivity index (χ4n) is 3.01. The van der Waals surface area contributed by atoms with Crippen molar-refractivity contribution in [1.82, 2.24) is 5.32 Å². The van der Waals surface area contributed by atoms with Gasteiger partial charge < -0.3 is 15.2 Å². The third kappa shape index (κ3) is 4.34. The van der Waals surface area contributed by atoms with Gasteiger partial charge in [0.15, 0.2) is 0 Å². The van der Waals surface area contributed by atoms with Gasteiger partial charge in [0.2, 0.25) is 5.91 Å². The Balaban J connectivity index is 1.92. The minimum absolute atomic E-state index is 0.180. The van der Waals surface area contributed by atoms with Gasteiger partial charge in [0.05, 0.1) is 13.2 Å². The van der Waals surface area contributed by atoms with Crippen LogP contribution in [0.1, 0.15) is 38.2 Å². The van der Waals surface area contributed by atoms with Crippen molar-refractivity contribution in [3.8, 4) is 5.75 Å². The lowest BCUT2D eigenvalue weighted by molar-refractivity contribution is -0.117. The number of para-hydroxylation sites is 1. The van der Waals surface area contributed by atoms with Crippen LogP contribution in [0.3, 0.4) is 0 Å². The summed E-state index contributed by atoms with van der Waals surface area (Å²) in [5, 5.41) is 12.9. The van der Waals surface area contributed by atoms with Crippen molar-refractivity contribution < 1.29 is 14.6 Å². The molecule has 120 valence electrons. The van der Waals surface area contributed by atoms with E-state index in [9.17, 15) is 9.90 Å². The maximum Gasteiger partial charge on any atom is 0.244 e. The van der Waals surface area contributed by atoms with Gasteiger partial charge in [-0.25, -0.2) is 0 Å². The van der Waals surface area contributed by atoms with Crippen LogP contribution < -0.4 is 10.1 Å². The molecular formula is C18H25NO3. The van der Waals surface area contributed by atoms with Crippen molar-refractivity contribution in [2.24, 2.45) is 5.92 Å². The molecule has 0 spiro atoms. The number of benzene rings is 1. The van der Waals surface area contributed by atoms with Gasteiger partial charge in [-0.05, 0) is 37.3 Å². The largest absolute Gasteiger partial charge is 0.496 e. The Kier molecular flexibility index (Phi) is 6.01. The molecule has 0 saturated heterocycles. The molecule has 4 heteroatoms. The first-order chi connectivity index (χ1) is 10.6. The van der Waals surface area contributed by atoms with Gasteiger partial charge in [0.25, 0.3) is 0 Å². The maximum absolute atomic E-state index is 12.0. The lowest BCUT2D eigenvalue weighted by Crippen LogP contribution is -2.34. The molecule has 2 rings (SSSR count). The summed E-state index contributed by atoms with van der Waals surface area (Å²) in [7, 11) is 1.62. The van der Waals surface area contributed by atoms with E-state index >= 15 is 0 Å². The molecule has 2 N–H and O–H groups in total. The normalized spacial score (nSPS) is 17.3. The van der Waals surface area contributed by atoms with E-state index in [2.05, 4.69) is 5.32 Å². The fourth-order valence-corrected chi connectivity index (χ4v) is 3.01. The highest BCUT2D eigenvalue weighted by Crippen LogP contribution is 2.27. The van der Waals surface area contributed by atoms with Crippen molar-refractivity contribution in [2.75, 3.05) is 13.7 Å². The second-order valence-corrected chi connectivity index (χ2v) is 5.88. The lowest BCUT2D eigenvalue weighted by Gasteiger charge is -2.17. The minimum atomic E-state index is -0.439. The molecule has 0 aliphatic heterocycles. The zero-order valence-corrected chi connectivity index (χ0v) is 13.3. The summed E-state index contributed by atoms with van der Waals surface area (Å²) in [5.41, 5.74) is 1.74. The molecule has 1 aromatic carbocycles. The number of nitrogens with one attached hydrogen (secondary N) is 1. The van der Waals surface area contributed by atoms with E-state index < -0.39 is 6.10 Å². The average Bonchev–Trinajstić information content (AvgIpc) is 3.07. The van der Waals surface area contributed by atoms with Crippen LogP contribution in [0, 0.1) is 5.92 Å². The third-order valence-electron chi connectivity index (χ3n) is 4.31. The Morgan fingerprint density at radius 3 is 2.77 bits per heavy atom. The smallest absolute Gasteiger partial charge is 0.244 e. The van der Waals surface area contributed by atoms with Gasteiger partial charge in [0.1, 0.15) is 5.75 Å². The first kappa shape index (κ1) is 16.6. The van der Waals surface area contributed by atoms with Crippen LogP contribution in [0.25, 0.3) is 5.57 Å². The second kappa shape index (κ2) is 7.99. The molecule has 0 radical (unpaired) electrons. The van der Waals surface area contributed by atoms with Crippen LogP contribution in [-0.4, -0.2) is 30.8 Å². The number of hydrogen-bond donors (Lipinski definition) is 2. The van der Waals surface area contributed by atoms with Crippen LogP contribution >= 0.6 is 0 Å². The molecule has 1 fully saturated rings. The Hall–Kier alpha value is -1.81. The van der Waals surface area contributed by atoms with E-state index in [0.717, 1.165) is 29.7 Å². The van der Waals surface area contributed by atoms with Crippen molar-refractivity contribution in [3.05, 3.63) is 35.9 Å². The van der Waals surface area contributed by atoms with Crippen LogP contribution in [0.15, 0.2) is 30.3 Å². The molecule has 1 amide bonds. The van der Waals surface area contributed by atoms with E-state index in [-0.39, 0.29) is 5.91 Å². The van der Waals surface area contributed by atoms with Gasteiger partial charge in [-0.2, -0.15) is 0 Å². The number of rotatable bonds is 6. The molecule has 0 bridgehead atoms. The number of allylic oxidation sites excluding steroid dienone is 1. The summed E-state index contributed by atoms with van der Waals surface area (Å²) in [6.45, 7) is 2.20. The zero-order valence-electron chi connectivity index (χ0n) is 13.3. The van der Waals surface area contributed by atoms with E-state index in [1.54, 1.807) is 13.2 Å². The highest BCUT2D eigenvalue weighted by Gasteiger charge is 2.23. The number of methoxy groups -OCH3 is 1. The lowest BCUT2D eigenvalue weighted by atomic mass is 10.0. The third-order valence-corrected chi connectivity index (χ3v) is 4.31. The van der Waals surface area contributed by atoms with E-state index in [1.165, 1.54) is 12.8 Å². The summed E-state index contributed by atoms with van der Waals surface area (Å²) in [6.07, 6.45) is 5.61. The molecule has 1 aliphatic rings. The minimum Gasteiger partial charge on any atom is -0.496 e. The van der Waals surface area contributed by atoms with Crippen LogP contribution in [0.2, 0.25) is 0 Å². The van der Waals surface area contributed by atoms with Crippen LogP contribution in [-0.2, 0) is 4.79 Å². The maximum atomic E-state index is 12.0. The molecule has 1 unspecified atom stereocenters. The van der Waals surface area contributed by atoms with Gasteiger partial charge in [-0.15, -0.1) is 0 Å². The van der Waals surface area contributed by atoms with Crippen molar-refractivity contribution in [1.29, 1.82) is 0 Å². The topological polar surface area (TPSA) is 58.6 Å². The summed E-state index contributed by atoms with van der Waals surface area (Å²) >= 11 is 0. The number of ether oxygens (including phenoxy) is 1. The highest BCUT2D eigenvalue weighted by atomic mass is 16.5. The summed E-state index contributed by atoms with van der Waals surface area (Å²) in [5.74, 6) is 0.898. The van der Waals surface area contributed by atoms with Gasteiger partial charge in [-0.1, -0.05) is 31.0 Å². The molecular weight excluding hydrogens is 278 g/mol. The molecule has 4 nitrogen and oxygen atoms in total. The number of aliphatic hydroxyl groups is 1. The Labute approximate surface area is 132 Å². The Morgan fingerprint density at radius 1 is 1.41 bits per heavy atom. The van der Waals surface area contributed by atoms with Gasteiger partial charge >= 0.3 is 0 Å². The van der Waals surface area contributed by atoms with E-state index in [1.807, 2.05) is 31.2 Å². The zero-order chi connectivity index (χ0) is 15.9. The monoisotopic (exact) mass is 303 g/mol. The number of aliphatic hydroxyl groups excluding tert-OH is 1. The fraction of sp³-hybridized carbons (Fsp3) is 0.500. The molecule has 22 heavy (non-hydrogen) atoms. The standard InChI is InChI=1S/C18H25NO3/c1-13(15-9-5-6-10-17(15)22-2)11-18(21)19-12-16(20)14-7-3-4-8-14/h5-6,9-11,14,16,20H,3-4,7-8,12H2,1-2H3,(H,19,21). The Morgan fingerprint density at radius 2 is 2.09 bits per heavy atom. The molecule has 0 aromatic heterocycles. The predicted octanol–water partition coefficient (Wildman–Crippen LogP) is 2.77. The number of carbonyl (C=O) groups is 1. The first-order valence-corrected chi connectivity index (χ1v) is 7.89. The molecule has 1 aliphatic carbocycles. The summed E-state index contributed by atoms with van der Waals surface area (Å²) < 4.78 is 5.30. The second-order valence-electron chi connectivity index (χ2n) is 5.88. The average molecular weight is 303 g/mol. The quantitative estimate of drug-likeness (QED) is 0.795. The molecule has 1 atom stereocenters. The van der Waals surface area contributed by atoms with Crippen molar-refractivity contribution >= 4 is 11.5 Å². The predicted molar refractivity (Wildman–Crippen MR) is 87.6 cm³/mol. The first-order valence-electron chi connectivity index (χ1n) is 7.89. The number of hydrogen-bond acceptors (Lipinski definition) is 3. The van der Waals surface area contributed by atoms with Crippen LogP contribution in [0.5, 0.6) is 5.75 Å². The van der Waals surface area contributed by atoms with Crippen molar-refractivity contribution in [3.63, 3.8) is 0 Å². The van der Waals surface area contributed by atoms with E-state index in [4.69, 9.17) is 4.74 Å². The molecule has 0 heterocycles. The SMILES string of the molecule is COc1ccccc1C(C)=CC(=O)NCC(O)C1CCCC1. The van der Waals surface area contributed by atoms with Gasteiger partial charge in [-0.3, -0.25) is 4.79 Å². The summed E-state index contributed by atoms with van der Waals surface area (Å²) in [6, 6.07) is 7.60. The summed E-state index contributed by atoms with van der Waals surface area (Å²) in [4.78, 5) is 12.0. The molecule has 1 aromatic rings. The van der Waals surface area contributed by atoms with E-state index in [0.29, 0.717) is 12.5 Å².